The summed E-state index contributed by atoms with van der Waals surface area (Å²) in [4.78, 5) is 18.9. The van der Waals surface area contributed by atoms with Crippen LogP contribution < -0.4 is 5.56 Å². The van der Waals surface area contributed by atoms with Gasteiger partial charge in [0.05, 0.1) is 24.9 Å². The fraction of sp³-hybridized carbons (Fsp3) is 0.267. The zero-order valence-corrected chi connectivity index (χ0v) is 13.6. The van der Waals surface area contributed by atoms with E-state index in [4.69, 9.17) is 5.11 Å². The first-order valence-corrected chi connectivity index (χ1v) is 8.22. The highest BCUT2D eigenvalue weighted by Crippen LogP contribution is 2.30. The third-order valence-corrected chi connectivity index (χ3v) is 4.40. The van der Waals surface area contributed by atoms with E-state index >= 15 is 0 Å². The van der Waals surface area contributed by atoms with Crippen LogP contribution >= 0.6 is 11.8 Å². The highest BCUT2D eigenvalue weighted by Gasteiger charge is 2.29. The van der Waals surface area contributed by atoms with Crippen LogP contribution in [0.25, 0.3) is 11.0 Å². The summed E-state index contributed by atoms with van der Waals surface area (Å²) in [6.45, 7) is 0.0717. The number of fused-ring (bicyclic) bond motifs is 1. The molecule has 0 aliphatic carbocycles. The normalized spacial score (nSPS) is 12.0. The average molecular weight is 370 g/mol. The Labute approximate surface area is 143 Å². The standard InChI is InChI=1S/C15H13F3N4O2S/c16-15(17,18)10-3-1-9(2-4-10)8-25-14-20-12-11(13(24)21-14)7-19-22(12)5-6-23/h1-4,7,23H,5-6,8H2,(H,20,21,24). The first kappa shape index (κ1) is 17.5. The molecule has 0 bridgehead atoms. The molecule has 0 aliphatic rings. The molecule has 10 heteroatoms. The first-order chi connectivity index (χ1) is 11.9. The van der Waals surface area contributed by atoms with Crippen molar-refractivity contribution >= 4 is 22.8 Å². The van der Waals surface area contributed by atoms with Gasteiger partial charge in [-0.1, -0.05) is 23.9 Å². The molecule has 2 aromatic heterocycles. The Morgan fingerprint density at radius 1 is 1.24 bits per heavy atom. The van der Waals surface area contributed by atoms with Gasteiger partial charge in [-0.3, -0.25) is 4.79 Å². The lowest BCUT2D eigenvalue weighted by Crippen LogP contribution is -2.11. The minimum atomic E-state index is -4.37. The Morgan fingerprint density at radius 2 is 1.96 bits per heavy atom. The number of thioether (sulfide) groups is 1. The molecule has 0 saturated heterocycles. The summed E-state index contributed by atoms with van der Waals surface area (Å²) in [5.74, 6) is 0.348. The van der Waals surface area contributed by atoms with Crippen molar-refractivity contribution in [3.05, 3.63) is 51.9 Å². The predicted octanol–water partition coefficient (Wildman–Crippen LogP) is 2.42. The van der Waals surface area contributed by atoms with Crippen molar-refractivity contribution in [1.82, 2.24) is 19.7 Å². The second-order valence-corrected chi connectivity index (χ2v) is 6.15. The van der Waals surface area contributed by atoms with E-state index in [0.29, 0.717) is 27.5 Å². The molecule has 0 aliphatic heterocycles. The van der Waals surface area contributed by atoms with E-state index in [9.17, 15) is 18.0 Å². The molecule has 0 fully saturated rings. The van der Waals surface area contributed by atoms with E-state index in [1.165, 1.54) is 34.8 Å². The number of hydrogen-bond acceptors (Lipinski definition) is 5. The lowest BCUT2D eigenvalue weighted by Gasteiger charge is -2.07. The third kappa shape index (κ3) is 3.85. The number of aliphatic hydroxyl groups is 1. The summed E-state index contributed by atoms with van der Waals surface area (Å²) in [6.07, 6.45) is -2.99. The number of aromatic nitrogens is 4. The average Bonchev–Trinajstić information content (AvgIpc) is 2.97. The van der Waals surface area contributed by atoms with Gasteiger partial charge in [-0.25, -0.2) is 9.67 Å². The number of aromatic amines is 1. The molecule has 0 unspecified atom stereocenters. The quantitative estimate of drug-likeness (QED) is 0.532. The molecular formula is C15H13F3N4O2S. The van der Waals surface area contributed by atoms with Gasteiger partial charge in [0.1, 0.15) is 5.39 Å². The molecule has 6 nitrogen and oxygen atoms in total. The number of nitrogens with zero attached hydrogens (tertiary/aromatic N) is 3. The first-order valence-electron chi connectivity index (χ1n) is 7.24. The lowest BCUT2D eigenvalue weighted by atomic mass is 10.1. The van der Waals surface area contributed by atoms with Crippen molar-refractivity contribution in [2.75, 3.05) is 6.61 Å². The smallest absolute Gasteiger partial charge is 0.394 e. The summed E-state index contributed by atoms with van der Waals surface area (Å²) < 4.78 is 39.1. The molecule has 3 aromatic rings. The number of hydrogen-bond donors (Lipinski definition) is 2. The van der Waals surface area contributed by atoms with Crippen LogP contribution in [0.1, 0.15) is 11.1 Å². The van der Waals surface area contributed by atoms with Gasteiger partial charge in [0, 0.05) is 5.75 Å². The van der Waals surface area contributed by atoms with Crippen LogP contribution in [0.3, 0.4) is 0 Å². The Hall–Kier alpha value is -2.33. The SMILES string of the molecule is O=c1[nH]c(SCc2ccc(C(F)(F)F)cc2)nc2c1cnn2CCO. The fourth-order valence-corrected chi connectivity index (χ4v) is 3.03. The molecule has 132 valence electrons. The monoisotopic (exact) mass is 370 g/mol. The minimum Gasteiger partial charge on any atom is -0.394 e. The van der Waals surface area contributed by atoms with Crippen molar-refractivity contribution in [2.45, 2.75) is 23.6 Å². The molecule has 0 saturated carbocycles. The molecule has 0 radical (unpaired) electrons. The summed E-state index contributed by atoms with van der Waals surface area (Å²) in [5, 5.41) is 13.6. The van der Waals surface area contributed by atoms with Crippen molar-refractivity contribution < 1.29 is 18.3 Å². The maximum atomic E-state index is 12.6. The number of rotatable bonds is 5. The van der Waals surface area contributed by atoms with Gasteiger partial charge in [0.2, 0.25) is 0 Å². The number of halogens is 3. The molecule has 2 heterocycles. The molecule has 0 amide bonds. The zero-order valence-electron chi connectivity index (χ0n) is 12.7. The lowest BCUT2D eigenvalue weighted by molar-refractivity contribution is -0.137. The highest BCUT2D eigenvalue weighted by molar-refractivity contribution is 7.98. The van der Waals surface area contributed by atoms with Crippen LogP contribution in [0.2, 0.25) is 0 Å². The van der Waals surface area contributed by atoms with Crippen molar-refractivity contribution in [3.8, 4) is 0 Å². The summed E-state index contributed by atoms with van der Waals surface area (Å²) in [6, 6.07) is 4.82. The van der Waals surface area contributed by atoms with Gasteiger partial charge < -0.3 is 10.1 Å². The predicted molar refractivity (Wildman–Crippen MR) is 86.2 cm³/mol. The number of alkyl halides is 3. The molecule has 1 aromatic carbocycles. The number of nitrogens with one attached hydrogen (secondary N) is 1. The van der Waals surface area contributed by atoms with E-state index in [2.05, 4.69) is 15.1 Å². The van der Waals surface area contributed by atoms with E-state index in [1.807, 2.05) is 0 Å². The maximum absolute atomic E-state index is 12.6. The van der Waals surface area contributed by atoms with E-state index < -0.39 is 11.7 Å². The molecule has 0 spiro atoms. The topological polar surface area (TPSA) is 83.8 Å². The second-order valence-electron chi connectivity index (χ2n) is 5.18. The molecule has 25 heavy (non-hydrogen) atoms. The summed E-state index contributed by atoms with van der Waals surface area (Å²) in [5.41, 5.74) is -0.0384. The molecular weight excluding hydrogens is 357 g/mol. The van der Waals surface area contributed by atoms with Crippen LogP contribution in [0.4, 0.5) is 13.2 Å². The van der Waals surface area contributed by atoms with Gasteiger partial charge in [-0.15, -0.1) is 0 Å². The Kier molecular flexibility index (Phi) is 4.82. The largest absolute Gasteiger partial charge is 0.416 e. The van der Waals surface area contributed by atoms with E-state index in [0.717, 1.165) is 12.1 Å². The Morgan fingerprint density at radius 3 is 2.60 bits per heavy atom. The van der Waals surface area contributed by atoms with Crippen LogP contribution in [0.15, 0.2) is 40.4 Å². The van der Waals surface area contributed by atoms with E-state index in [-0.39, 0.29) is 18.7 Å². The van der Waals surface area contributed by atoms with Gasteiger partial charge in [0.15, 0.2) is 10.8 Å². The Bertz CT molecular complexity index is 935. The number of aliphatic hydroxyl groups excluding tert-OH is 1. The number of benzene rings is 1. The molecule has 0 atom stereocenters. The Balaban J connectivity index is 1.79. The number of H-pyrrole nitrogens is 1. The summed E-state index contributed by atoms with van der Waals surface area (Å²) >= 11 is 1.19. The van der Waals surface area contributed by atoms with Gasteiger partial charge in [-0.05, 0) is 17.7 Å². The van der Waals surface area contributed by atoms with Gasteiger partial charge in [0.25, 0.3) is 5.56 Å². The van der Waals surface area contributed by atoms with Crippen LogP contribution in [-0.4, -0.2) is 31.5 Å². The van der Waals surface area contributed by atoms with Crippen molar-refractivity contribution in [2.24, 2.45) is 0 Å². The van der Waals surface area contributed by atoms with Crippen molar-refractivity contribution in [1.29, 1.82) is 0 Å². The van der Waals surface area contributed by atoms with E-state index in [1.54, 1.807) is 0 Å². The minimum absolute atomic E-state index is 0.140. The molecule has 3 rings (SSSR count). The van der Waals surface area contributed by atoms with Crippen LogP contribution in [0, 0.1) is 0 Å². The fourth-order valence-electron chi connectivity index (χ4n) is 2.21. The van der Waals surface area contributed by atoms with Gasteiger partial charge in [-0.2, -0.15) is 18.3 Å². The second kappa shape index (κ2) is 6.89. The zero-order chi connectivity index (χ0) is 18.0. The van der Waals surface area contributed by atoms with Crippen molar-refractivity contribution in [3.63, 3.8) is 0 Å². The van der Waals surface area contributed by atoms with Crippen LogP contribution in [-0.2, 0) is 18.5 Å². The summed E-state index contributed by atoms with van der Waals surface area (Å²) in [7, 11) is 0. The maximum Gasteiger partial charge on any atom is 0.416 e. The van der Waals surface area contributed by atoms with Gasteiger partial charge >= 0.3 is 6.18 Å². The molecule has 2 N–H and O–H groups in total. The third-order valence-electron chi connectivity index (χ3n) is 3.45. The highest BCUT2D eigenvalue weighted by atomic mass is 32.2. The van der Waals surface area contributed by atoms with Crippen LogP contribution in [0.5, 0.6) is 0 Å².